The average Bonchev–Trinajstić information content (AvgIpc) is 2.26. The first kappa shape index (κ1) is 14.5. The summed E-state index contributed by atoms with van der Waals surface area (Å²) in [5.41, 5.74) is 2.09. The van der Waals surface area contributed by atoms with Gasteiger partial charge in [0.2, 0.25) is 10.0 Å². The van der Waals surface area contributed by atoms with Crippen molar-refractivity contribution in [1.29, 1.82) is 0 Å². The van der Waals surface area contributed by atoms with Crippen molar-refractivity contribution < 1.29 is 8.42 Å². The predicted octanol–water partition coefficient (Wildman–Crippen LogP) is 2.60. The Morgan fingerprint density at radius 3 is 2.59 bits per heavy atom. The molecule has 1 atom stereocenters. The van der Waals surface area contributed by atoms with E-state index < -0.39 is 10.0 Å². The highest BCUT2D eigenvalue weighted by atomic mass is 35.5. The number of halogens is 1. The fourth-order valence-electron chi connectivity index (χ4n) is 1.71. The van der Waals surface area contributed by atoms with E-state index in [4.69, 9.17) is 11.6 Å². The Morgan fingerprint density at radius 1 is 1.35 bits per heavy atom. The van der Waals surface area contributed by atoms with Gasteiger partial charge < -0.3 is 0 Å². The fraction of sp³-hybridized carbons (Fsp3) is 0.500. The first-order chi connectivity index (χ1) is 7.96. The Labute approximate surface area is 108 Å². The van der Waals surface area contributed by atoms with Gasteiger partial charge in [0, 0.05) is 11.9 Å². The molecular weight excluding hydrogens is 258 g/mol. The van der Waals surface area contributed by atoms with Crippen molar-refractivity contribution in [3.8, 4) is 0 Å². The van der Waals surface area contributed by atoms with Crippen LogP contribution in [0.1, 0.15) is 30.5 Å². The molecule has 1 aromatic rings. The third kappa shape index (κ3) is 4.66. The van der Waals surface area contributed by atoms with Crippen LogP contribution in [-0.4, -0.2) is 20.1 Å². The van der Waals surface area contributed by atoms with E-state index in [1.54, 1.807) is 0 Å². The van der Waals surface area contributed by atoms with Crippen molar-refractivity contribution >= 4 is 21.6 Å². The normalized spacial score (nSPS) is 13.6. The van der Waals surface area contributed by atoms with Gasteiger partial charge >= 0.3 is 0 Å². The first-order valence-corrected chi connectivity index (χ1v) is 7.76. The molecule has 0 saturated heterocycles. The standard InChI is InChI=1S/C12H18ClNO2S/c1-10-6-3-4-7-12(10)11(2)14-17(15,16)9-5-8-13/h3-4,6-7,11,14H,5,8-9H2,1-2H3/t11-/m0/s1. The Balaban J connectivity index is 2.73. The summed E-state index contributed by atoms with van der Waals surface area (Å²) >= 11 is 5.49. The molecule has 5 heteroatoms. The highest BCUT2D eigenvalue weighted by Gasteiger charge is 2.16. The summed E-state index contributed by atoms with van der Waals surface area (Å²) in [6, 6.07) is 7.54. The summed E-state index contributed by atoms with van der Waals surface area (Å²) in [7, 11) is -3.24. The molecule has 1 N–H and O–H groups in total. The molecule has 96 valence electrons. The predicted molar refractivity (Wildman–Crippen MR) is 71.9 cm³/mol. The van der Waals surface area contributed by atoms with Crippen molar-refractivity contribution in [1.82, 2.24) is 4.72 Å². The Morgan fingerprint density at radius 2 is 2.00 bits per heavy atom. The molecule has 1 rings (SSSR count). The van der Waals surface area contributed by atoms with Gasteiger partial charge in [-0.2, -0.15) is 0 Å². The highest BCUT2D eigenvalue weighted by molar-refractivity contribution is 7.89. The molecular formula is C12H18ClNO2S. The summed E-state index contributed by atoms with van der Waals surface area (Å²) in [4.78, 5) is 0. The maximum Gasteiger partial charge on any atom is 0.212 e. The quantitative estimate of drug-likeness (QED) is 0.811. The van der Waals surface area contributed by atoms with E-state index in [9.17, 15) is 8.42 Å². The lowest BCUT2D eigenvalue weighted by Gasteiger charge is -2.16. The summed E-state index contributed by atoms with van der Waals surface area (Å²) < 4.78 is 26.1. The monoisotopic (exact) mass is 275 g/mol. The number of rotatable bonds is 6. The van der Waals surface area contributed by atoms with Gasteiger partial charge in [-0.1, -0.05) is 24.3 Å². The van der Waals surface area contributed by atoms with Gasteiger partial charge in [-0.15, -0.1) is 11.6 Å². The van der Waals surface area contributed by atoms with Crippen LogP contribution in [0.2, 0.25) is 0 Å². The van der Waals surface area contributed by atoms with Gasteiger partial charge in [-0.3, -0.25) is 0 Å². The van der Waals surface area contributed by atoms with E-state index in [2.05, 4.69) is 4.72 Å². The lowest BCUT2D eigenvalue weighted by molar-refractivity contribution is 0.565. The third-order valence-corrected chi connectivity index (χ3v) is 4.36. The van der Waals surface area contributed by atoms with Gasteiger partial charge in [0.25, 0.3) is 0 Å². The smallest absolute Gasteiger partial charge is 0.212 e. The molecule has 0 aliphatic rings. The minimum absolute atomic E-state index is 0.0761. The number of sulfonamides is 1. The summed E-state index contributed by atoms with van der Waals surface area (Å²) in [6.45, 7) is 3.82. The Hall–Kier alpha value is -0.580. The number of aryl methyl sites for hydroxylation is 1. The van der Waals surface area contributed by atoms with E-state index in [1.807, 2.05) is 38.1 Å². The lowest BCUT2D eigenvalue weighted by atomic mass is 10.0. The number of hydrogen-bond acceptors (Lipinski definition) is 2. The zero-order chi connectivity index (χ0) is 12.9. The SMILES string of the molecule is Cc1ccccc1[C@H](C)NS(=O)(=O)CCCCl. The van der Waals surface area contributed by atoms with Gasteiger partial charge in [-0.25, -0.2) is 13.1 Å². The van der Waals surface area contributed by atoms with Gasteiger partial charge in [0.05, 0.1) is 5.75 Å². The van der Waals surface area contributed by atoms with Crippen molar-refractivity contribution in [3.63, 3.8) is 0 Å². The number of alkyl halides is 1. The van der Waals surface area contributed by atoms with Crippen LogP contribution in [0.15, 0.2) is 24.3 Å². The largest absolute Gasteiger partial charge is 0.212 e. The van der Waals surface area contributed by atoms with Crippen molar-refractivity contribution in [2.75, 3.05) is 11.6 Å². The zero-order valence-electron chi connectivity index (χ0n) is 10.1. The second-order valence-corrected chi connectivity index (χ2v) is 6.31. The highest BCUT2D eigenvalue weighted by Crippen LogP contribution is 2.17. The molecule has 17 heavy (non-hydrogen) atoms. The number of hydrogen-bond donors (Lipinski definition) is 1. The molecule has 0 heterocycles. The van der Waals surface area contributed by atoms with Gasteiger partial charge in [0.15, 0.2) is 0 Å². The van der Waals surface area contributed by atoms with Crippen LogP contribution in [0.3, 0.4) is 0 Å². The average molecular weight is 276 g/mol. The van der Waals surface area contributed by atoms with Crippen LogP contribution < -0.4 is 4.72 Å². The summed E-state index contributed by atoms with van der Waals surface area (Å²) in [5.74, 6) is 0.437. The van der Waals surface area contributed by atoms with Crippen molar-refractivity contribution in [2.24, 2.45) is 0 Å². The van der Waals surface area contributed by atoms with E-state index in [0.717, 1.165) is 11.1 Å². The molecule has 0 aliphatic heterocycles. The summed E-state index contributed by atoms with van der Waals surface area (Å²) in [6.07, 6.45) is 0.470. The maximum absolute atomic E-state index is 11.7. The molecule has 0 spiro atoms. The Bertz CT molecular complexity index is 459. The molecule has 0 bridgehead atoms. The maximum atomic E-state index is 11.7. The third-order valence-electron chi connectivity index (χ3n) is 2.56. The van der Waals surface area contributed by atoms with E-state index in [0.29, 0.717) is 12.3 Å². The zero-order valence-corrected chi connectivity index (χ0v) is 11.7. The number of benzene rings is 1. The summed E-state index contributed by atoms with van der Waals surface area (Å²) in [5, 5.41) is 0. The minimum Gasteiger partial charge on any atom is -0.212 e. The molecule has 0 amide bonds. The first-order valence-electron chi connectivity index (χ1n) is 5.58. The minimum atomic E-state index is -3.24. The van der Waals surface area contributed by atoms with Crippen LogP contribution in [0.4, 0.5) is 0 Å². The van der Waals surface area contributed by atoms with Crippen LogP contribution in [0.25, 0.3) is 0 Å². The van der Waals surface area contributed by atoms with Crippen LogP contribution >= 0.6 is 11.6 Å². The molecule has 1 aromatic carbocycles. The van der Waals surface area contributed by atoms with Gasteiger partial charge in [-0.05, 0) is 31.4 Å². The number of nitrogens with one attached hydrogen (secondary N) is 1. The molecule has 0 aliphatic carbocycles. The lowest BCUT2D eigenvalue weighted by Crippen LogP contribution is -2.29. The van der Waals surface area contributed by atoms with E-state index in [1.165, 1.54) is 0 Å². The van der Waals surface area contributed by atoms with Crippen LogP contribution in [0.5, 0.6) is 0 Å². The molecule has 0 unspecified atom stereocenters. The van der Waals surface area contributed by atoms with Crippen molar-refractivity contribution in [2.45, 2.75) is 26.3 Å². The molecule has 0 radical (unpaired) electrons. The Kier molecular flexibility index (Phi) is 5.43. The van der Waals surface area contributed by atoms with Crippen LogP contribution in [0, 0.1) is 6.92 Å². The van der Waals surface area contributed by atoms with Gasteiger partial charge in [0.1, 0.15) is 0 Å². The second kappa shape index (κ2) is 6.38. The molecule has 3 nitrogen and oxygen atoms in total. The van der Waals surface area contributed by atoms with Crippen LogP contribution in [-0.2, 0) is 10.0 Å². The van der Waals surface area contributed by atoms with E-state index >= 15 is 0 Å². The topological polar surface area (TPSA) is 46.2 Å². The second-order valence-electron chi connectivity index (χ2n) is 4.06. The van der Waals surface area contributed by atoms with Crippen molar-refractivity contribution in [3.05, 3.63) is 35.4 Å². The van der Waals surface area contributed by atoms with E-state index in [-0.39, 0.29) is 11.8 Å². The fourth-order valence-corrected chi connectivity index (χ4v) is 3.31. The molecule has 0 saturated carbocycles. The molecule has 0 fully saturated rings. The molecule has 0 aromatic heterocycles.